The largest absolute Gasteiger partial charge is 0.497 e. The van der Waals surface area contributed by atoms with Crippen molar-refractivity contribution in [3.63, 3.8) is 0 Å². The van der Waals surface area contributed by atoms with Gasteiger partial charge in [0.1, 0.15) is 17.1 Å². The molecule has 0 spiro atoms. The lowest BCUT2D eigenvalue weighted by molar-refractivity contribution is 0.391. The summed E-state index contributed by atoms with van der Waals surface area (Å²) in [7, 11) is 6.45. The molecular formula is C23H23N3O4S2. The Labute approximate surface area is 195 Å². The Bertz CT molecular complexity index is 1340. The number of thioether (sulfide) groups is 1. The molecule has 2 aromatic carbocycles. The van der Waals surface area contributed by atoms with Crippen molar-refractivity contribution in [1.82, 2.24) is 9.13 Å². The molecule has 1 atom stereocenters. The van der Waals surface area contributed by atoms with Crippen LogP contribution in [0.2, 0.25) is 0 Å². The molecule has 166 valence electrons. The van der Waals surface area contributed by atoms with Crippen molar-refractivity contribution in [2.45, 2.75) is 16.6 Å². The average Bonchev–Trinajstić information content (AvgIpc) is 3.00. The van der Waals surface area contributed by atoms with E-state index in [-0.39, 0.29) is 27.0 Å². The SMILES string of the molecule is COc1ccc(C2CC(c3c(O)n(C)c(=S)n(C)c3=O)=Nc3ccccc3S2)c(OC)c1. The van der Waals surface area contributed by atoms with Crippen LogP contribution in [-0.2, 0) is 14.1 Å². The summed E-state index contributed by atoms with van der Waals surface area (Å²) in [5.41, 5.74) is 1.96. The van der Waals surface area contributed by atoms with Crippen LogP contribution in [0.15, 0.2) is 57.1 Å². The first-order valence-corrected chi connectivity index (χ1v) is 11.2. The van der Waals surface area contributed by atoms with Gasteiger partial charge in [-0.3, -0.25) is 18.9 Å². The normalized spacial score (nSPS) is 15.5. The Kier molecular flexibility index (Phi) is 6.12. The maximum absolute atomic E-state index is 13.1. The maximum atomic E-state index is 13.1. The summed E-state index contributed by atoms with van der Waals surface area (Å²) in [6, 6.07) is 13.4. The van der Waals surface area contributed by atoms with Crippen molar-refractivity contribution >= 4 is 35.4 Å². The van der Waals surface area contributed by atoms with Gasteiger partial charge in [-0.2, -0.15) is 0 Å². The number of rotatable bonds is 4. The van der Waals surface area contributed by atoms with Gasteiger partial charge < -0.3 is 14.6 Å². The molecule has 1 aromatic heterocycles. The Morgan fingerprint density at radius 3 is 2.59 bits per heavy atom. The molecule has 0 aliphatic carbocycles. The third kappa shape index (κ3) is 3.82. The molecule has 3 aromatic rings. The van der Waals surface area contributed by atoms with Crippen molar-refractivity contribution < 1.29 is 14.6 Å². The number of ether oxygens (including phenoxy) is 2. The van der Waals surface area contributed by atoms with Gasteiger partial charge in [-0.05, 0) is 30.4 Å². The second-order valence-electron chi connectivity index (χ2n) is 7.35. The summed E-state index contributed by atoms with van der Waals surface area (Å²) < 4.78 is 14.0. The zero-order valence-electron chi connectivity index (χ0n) is 18.2. The highest BCUT2D eigenvalue weighted by molar-refractivity contribution is 7.99. The van der Waals surface area contributed by atoms with Crippen molar-refractivity contribution in [2.75, 3.05) is 14.2 Å². The zero-order valence-corrected chi connectivity index (χ0v) is 19.8. The molecule has 0 saturated carbocycles. The van der Waals surface area contributed by atoms with E-state index in [1.807, 2.05) is 42.5 Å². The number of para-hydroxylation sites is 1. The van der Waals surface area contributed by atoms with E-state index >= 15 is 0 Å². The summed E-state index contributed by atoms with van der Waals surface area (Å²) in [5, 5.41) is 10.7. The number of aromatic nitrogens is 2. The molecule has 0 amide bonds. The predicted octanol–water partition coefficient (Wildman–Crippen LogP) is 4.53. The molecule has 0 radical (unpaired) electrons. The van der Waals surface area contributed by atoms with Gasteiger partial charge in [-0.25, -0.2) is 0 Å². The van der Waals surface area contributed by atoms with E-state index in [4.69, 9.17) is 26.7 Å². The minimum atomic E-state index is -0.380. The maximum Gasteiger partial charge on any atom is 0.267 e. The number of aromatic hydroxyl groups is 1. The summed E-state index contributed by atoms with van der Waals surface area (Å²) in [4.78, 5) is 18.9. The first kappa shape index (κ1) is 22.2. The van der Waals surface area contributed by atoms with Crippen LogP contribution in [0.5, 0.6) is 17.4 Å². The standard InChI is InChI=1S/C23H23N3O4S2/c1-25-21(27)20(22(28)26(2)23(25)31)16-12-19(32-18-8-6-5-7-15(18)24-16)14-10-9-13(29-3)11-17(14)30-4/h5-11,19,27H,12H2,1-4H3. The number of aliphatic imine (C=N–C) groups is 1. The van der Waals surface area contributed by atoms with E-state index in [1.165, 1.54) is 9.13 Å². The second-order valence-corrected chi connectivity index (χ2v) is 8.96. The van der Waals surface area contributed by atoms with Gasteiger partial charge in [0.25, 0.3) is 5.56 Å². The molecule has 1 N–H and O–H groups in total. The van der Waals surface area contributed by atoms with Gasteiger partial charge in [0.2, 0.25) is 5.88 Å². The number of hydrogen-bond donors (Lipinski definition) is 1. The molecule has 1 aliphatic heterocycles. The molecule has 4 rings (SSSR count). The summed E-state index contributed by atoms with van der Waals surface area (Å²) in [6.45, 7) is 0. The monoisotopic (exact) mass is 469 g/mol. The number of methoxy groups -OCH3 is 2. The fourth-order valence-corrected chi connectivity index (χ4v) is 5.14. The predicted molar refractivity (Wildman–Crippen MR) is 129 cm³/mol. The summed E-state index contributed by atoms with van der Waals surface area (Å²) in [5.74, 6) is 1.18. The van der Waals surface area contributed by atoms with Gasteiger partial charge in [0, 0.05) is 42.3 Å². The fourth-order valence-electron chi connectivity index (χ4n) is 3.71. The molecule has 7 nitrogen and oxygen atoms in total. The molecule has 9 heteroatoms. The smallest absolute Gasteiger partial charge is 0.267 e. The third-order valence-electron chi connectivity index (χ3n) is 5.48. The average molecular weight is 470 g/mol. The molecule has 1 aliphatic rings. The van der Waals surface area contributed by atoms with Crippen LogP contribution in [0.4, 0.5) is 5.69 Å². The molecular weight excluding hydrogens is 446 g/mol. The van der Waals surface area contributed by atoms with Crippen LogP contribution < -0.4 is 15.0 Å². The minimum Gasteiger partial charge on any atom is -0.497 e. The van der Waals surface area contributed by atoms with Crippen molar-refractivity contribution in [3.05, 3.63) is 68.7 Å². The van der Waals surface area contributed by atoms with Gasteiger partial charge in [-0.1, -0.05) is 18.2 Å². The van der Waals surface area contributed by atoms with E-state index in [2.05, 4.69) is 0 Å². The van der Waals surface area contributed by atoms with Gasteiger partial charge in [0.05, 0.1) is 25.6 Å². The Balaban J connectivity index is 1.93. The highest BCUT2D eigenvalue weighted by Crippen LogP contribution is 2.48. The molecule has 1 unspecified atom stereocenters. The zero-order chi connectivity index (χ0) is 23.0. The van der Waals surface area contributed by atoms with Crippen LogP contribution in [0.25, 0.3) is 0 Å². The first-order valence-electron chi connectivity index (χ1n) is 9.90. The lowest BCUT2D eigenvalue weighted by atomic mass is 10.0. The molecule has 0 fully saturated rings. The Morgan fingerprint density at radius 1 is 1.12 bits per heavy atom. The van der Waals surface area contributed by atoms with Gasteiger partial charge >= 0.3 is 0 Å². The van der Waals surface area contributed by atoms with Crippen molar-refractivity contribution in [1.29, 1.82) is 0 Å². The molecule has 32 heavy (non-hydrogen) atoms. The number of fused-ring (bicyclic) bond motifs is 1. The molecule has 0 saturated heterocycles. The van der Waals surface area contributed by atoms with E-state index in [0.29, 0.717) is 23.6 Å². The van der Waals surface area contributed by atoms with E-state index in [1.54, 1.807) is 40.1 Å². The molecule has 0 bridgehead atoms. The highest BCUT2D eigenvalue weighted by atomic mass is 32.2. The van der Waals surface area contributed by atoms with Crippen molar-refractivity contribution in [3.8, 4) is 17.4 Å². The third-order valence-corrected chi connectivity index (χ3v) is 7.33. The fraction of sp³-hybridized carbons (Fsp3) is 0.261. The lowest BCUT2D eigenvalue weighted by Crippen LogP contribution is -2.29. The van der Waals surface area contributed by atoms with Crippen LogP contribution in [0.1, 0.15) is 22.8 Å². The van der Waals surface area contributed by atoms with Crippen LogP contribution >= 0.6 is 24.0 Å². The Hall–Kier alpha value is -3.04. The quantitative estimate of drug-likeness (QED) is 0.566. The van der Waals surface area contributed by atoms with Crippen molar-refractivity contribution in [2.24, 2.45) is 19.1 Å². The van der Waals surface area contributed by atoms with E-state index in [9.17, 15) is 9.90 Å². The number of nitrogens with zero attached hydrogens (tertiary/aromatic N) is 3. The number of benzene rings is 2. The summed E-state index contributed by atoms with van der Waals surface area (Å²) >= 11 is 6.91. The lowest BCUT2D eigenvalue weighted by Gasteiger charge is -2.20. The summed E-state index contributed by atoms with van der Waals surface area (Å²) in [6.07, 6.45) is 0.404. The van der Waals surface area contributed by atoms with Gasteiger partial charge in [-0.15, -0.1) is 11.8 Å². The van der Waals surface area contributed by atoms with Crippen LogP contribution in [-0.4, -0.2) is 34.2 Å². The second kappa shape index (κ2) is 8.84. The Morgan fingerprint density at radius 2 is 1.88 bits per heavy atom. The minimum absolute atomic E-state index is 0.115. The van der Waals surface area contributed by atoms with Gasteiger partial charge in [0.15, 0.2) is 4.77 Å². The van der Waals surface area contributed by atoms with E-state index < -0.39 is 0 Å². The van der Waals surface area contributed by atoms with E-state index in [0.717, 1.165) is 16.1 Å². The highest BCUT2D eigenvalue weighted by Gasteiger charge is 2.28. The van der Waals surface area contributed by atoms with Crippen LogP contribution in [0, 0.1) is 4.77 Å². The first-order chi connectivity index (χ1) is 15.3. The topological polar surface area (TPSA) is 78.0 Å². The van der Waals surface area contributed by atoms with Crippen LogP contribution in [0.3, 0.4) is 0 Å². The number of hydrogen-bond acceptors (Lipinski definition) is 7. The molecule has 2 heterocycles.